The lowest BCUT2D eigenvalue weighted by molar-refractivity contribution is -0.117. The van der Waals surface area contributed by atoms with Crippen molar-refractivity contribution in [2.45, 2.75) is 102 Å². The van der Waals surface area contributed by atoms with Gasteiger partial charge in [0.25, 0.3) is 0 Å². The second-order valence-corrected chi connectivity index (χ2v) is 7.36. The summed E-state index contributed by atoms with van der Waals surface area (Å²) in [5.74, 6) is 0.305. The van der Waals surface area contributed by atoms with Crippen LogP contribution in [0.15, 0.2) is 12.2 Å². The molecule has 0 amide bonds. The molecule has 0 aliphatic carbocycles. The van der Waals surface area contributed by atoms with Gasteiger partial charge in [-0.1, -0.05) is 80.0 Å². The second-order valence-electron chi connectivity index (χ2n) is 6.30. The van der Waals surface area contributed by atoms with E-state index in [1.54, 1.807) is 6.92 Å². The van der Waals surface area contributed by atoms with Crippen LogP contribution in [0.5, 0.6) is 0 Å². The number of rotatable bonds is 15. The Bertz CT molecular complexity index is 289. The first-order valence-corrected chi connectivity index (χ1v) is 9.97. The SMILES string of the molecule is CCCCCCC(O)C(Br)C=CCCCCCCCC(C)=O. The van der Waals surface area contributed by atoms with Crippen molar-refractivity contribution in [2.75, 3.05) is 0 Å². The topological polar surface area (TPSA) is 37.3 Å². The smallest absolute Gasteiger partial charge is 0.129 e. The molecule has 3 heteroatoms. The molecule has 130 valence electrons. The van der Waals surface area contributed by atoms with Gasteiger partial charge in [-0.2, -0.15) is 0 Å². The minimum absolute atomic E-state index is 0.0877. The predicted octanol–water partition coefficient (Wildman–Crippen LogP) is 5.96. The molecule has 2 unspecified atom stereocenters. The number of aliphatic hydroxyl groups is 1. The van der Waals surface area contributed by atoms with E-state index in [1.807, 2.05) is 0 Å². The van der Waals surface area contributed by atoms with Crippen molar-refractivity contribution in [2.24, 2.45) is 0 Å². The van der Waals surface area contributed by atoms with Crippen LogP contribution in [0.3, 0.4) is 0 Å². The number of hydrogen-bond acceptors (Lipinski definition) is 2. The van der Waals surface area contributed by atoms with Gasteiger partial charge in [0.1, 0.15) is 5.78 Å². The summed E-state index contributed by atoms with van der Waals surface area (Å²) in [6, 6.07) is 0. The Morgan fingerprint density at radius 1 is 1.05 bits per heavy atom. The normalized spacial score (nSPS) is 14.4. The number of Topliss-reactive ketones (excluding diaryl/α,β-unsaturated/α-hetero) is 1. The zero-order valence-electron chi connectivity index (χ0n) is 14.5. The Balaban J connectivity index is 3.48. The highest BCUT2D eigenvalue weighted by Crippen LogP contribution is 2.16. The summed E-state index contributed by atoms with van der Waals surface area (Å²) in [7, 11) is 0. The number of carbonyl (C=O) groups excluding carboxylic acids is 1. The highest BCUT2D eigenvalue weighted by Gasteiger charge is 2.11. The molecular formula is C19H35BrO2. The number of aliphatic hydroxyl groups excluding tert-OH is 1. The van der Waals surface area contributed by atoms with E-state index in [2.05, 4.69) is 35.0 Å². The van der Waals surface area contributed by atoms with Gasteiger partial charge in [-0.25, -0.2) is 0 Å². The Hall–Kier alpha value is -0.150. The van der Waals surface area contributed by atoms with Crippen LogP contribution >= 0.6 is 15.9 Å². The average Bonchev–Trinajstić information content (AvgIpc) is 2.49. The molecule has 0 radical (unpaired) electrons. The maximum Gasteiger partial charge on any atom is 0.129 e. The first-order valence-electron chi connectivity index (χ1n) is 9.06. The van der Waals surface area contributed by atoms with Gasteiger partial charge >= 0.3 is 0 Å². The molecule has 0 bridgehead atoms. The number of hydrogen-bond donors (Lipinski definition) is 1. The van der Waals surface area contributed by atoms with Crippen molar-refractivity contribution >= 4 is 21.7 Å². The van der Waals surface area contributed by atoms with Gasteiger partial charge in [-0.15, -0.1) is 0 Å². The van der Waals surface area contributed by atoms with E-state index in [4.69, 9.17) is 0 Å². The van der Waals surface area contributed by atoms with Crippen molar-refractivity contribution in [3.8, 4) is 0 Å². The Morgan fingerprint density at radius 2 is 1.68 bits per heavy atom. The zero-order valence-corrected chi connectivity index (χ0v) is 16.1. The molecule has 0 heterocycles. The molecule has 1 N–H and O–H groups in total. The standard InChI is InChI=1S/C19H35BrO2/c1-3-4-5-13-16-19(22)18(20)15-12-10-8-6-7-9-11-14-17(2)21/h12,15,18-19,22H,3-11,13-14,16H2,1-2H3. The quantitative estimate of drug-likeness (QED) is 0.218. The summed E-state index contributed by atoms with van der Waals surface area (Å²) >= 11 is 3.56. The van der Waals surface area contributed by atoms with Crippen molar-refractivity contribution in [3.05, 3.63) is 12.2 Å². The van der Waals surface area contributed by atoms with Gasteiger partial charge in [0, 0.05) is 6.42 Å². The van der Waals surface area contributed by atoms with Gasteiger partial charge in [-0.3, -0.25) is 0 Å². The molecule has 22 heavy (non-hydrogen) atoms. The average molecular weight is 375 g/mol. The second kappa shape index (κ2) is 15.7. The van der Waals surface area contributed by atoms with Crippen LogP contribution in [0.25, 0.3) is 0 Å². The molecule has 0 saturated carbocycles. The van der Waals surface area contributed by atoms with E-state index in [9.17, 15) is 9.90 Å². The molecular weight excluding hydrogens is 340 g/mol. The number of halogens is 1. The van der Waals surface area contributed by atoms with Crippen LogP contribution in [0.2, 0.25) is 0 Å². The van der Waals surface area contributed by atoms with Gasteiger partial charge in [0.2, 0.25) is 0 Å². The van der Waals surface area contributed by atoms with E-state index in [0.717, 1.165) is 32.1 Å². The third kappa shape index (κ3) is 14.8. The lowest BCUT2D eigenvalue weighted by atomic mass is 10.1. The summed E-state index contributed by atoms with van der Waals surface area (Å²) in [6.07, 6.45) is 17.4. The Labute approximate surface area is 145 Å². The predicted molar refractivity (Wildman–Crippen MR) is 99.6 cm³/mol. The molecule has 0 aromatic rings. The Morgan fingerprint density at radius 3 is 2.36 bits per heavy atom. The van der Waals surface area contributed by atoms with Crippen LogP contribution in [-0.4, -0.2) is 21.8 Å². The van der Waals surface area contributed by atoms with E-state index in [0.29, 0.717) is 5.78 Å². The Kier molecular flexibility index (Phi) is 15.6. The minimum Gasteiger partial charge on any atom is -0.392 e. The van der Waals surface area contributed by atoms with Gasteiger partial charge in [0.05, 0.1) is 10.9 Å². The van der Waals surface area contributed by atoms with Gasteiger partial charge in [0.15, 0.2) is 0 Å². The lowest BCUT2D eigenvalue weighted by Crippen LogP contribution is -2.17. The zero-order chi connectivity index (χ0) is 16.6. The summed E-state index contributed by atoms with van der Waals surface area (Å²) < 4.78 is 0. The lowest BCUT2D eigenvalue weighted by Gasteiger charge is -2.13. The van der Waals surface area contributed by atoms with Crippen LogP contribution in [-0.2, 0) is 4.79 Å². The number of unbranched alkanes of at least 4 members (excludes halogenated alkanes) is 8. The number of alkyl halides is 1. The third-order valence-electron chi connectivity index (χ3n) is 3.94. The fourth-order valence-electron chi connectivity index (χ4n) is 2.46. The van der Waals surface area contributed by atoms with E-state index < -0.39 is 0 Å². The number of carbonyl (C=O) groups is 1. The molecule has 2 atom stereocenters. The van der Waals surface area contributed by atoms with E-state index in [1.165, 1.54) is 44.9 Å². The molecule has 0 aliphatic rings. The molecule has 2 nitrogen and oxygen atoms in total. The summed E-state index contributed by atoms with van der Waals surface area (Å²) in [6.45, 7) is 3.87. The highest BCUT2D eigenvalue weighted by atomic mass is 79.9. The maximum atomic E-state index is 10.8. The van der Waals surface area contributed by atoms with Crippen molar-refractivity contribution < 1.29 is 9.90 Å². The van der Waals surface area contributed by atoms with Gasteiger partial charge < -0.3 is 9.90 Å². The van der Waals surface area contributed by atoms with Crippen molar-refractivity contribution in [1.29, 1.82) is 0 Å². The first kappa shape index (κ1) is 21.9. The largest absolute Gasteiger partial charge is 0.392 e. The molecule has 0 fully saturated rings. The van der Waals surface area contributed by atoms with Crippen molar-refractivity contribution in [1.82, 2.24) is 0 Å². The summed E-state index contributed by atoms with van der Waals surface area (Å²) in [4.78, 5) is 10.9. The third-order valence-corrected chi connectivity index (χ3v) is 4.86. The molecule has 0 aliphatic heterocycles. The van der Waals surface area contributed by atoms with E-state index >= 15 is 0 Å². The van der Waals surface area contributed by atoms with Crippen molar-refractivity contribution in [3.63, 3.8) is 0 Å². The van der Waals surface area contributed by atoms with Crippen LogP contribution in [0.1, 0.15) is 90.9 Å². The van der Waals surface area contributed by atoms with E-state index in [-0.39, 0.29) is 10.9 Å². The molecule has 0 aromatic heterocycles. The minimum atomic E-state index is -0.264. The monoisotopic (exact) mass is 374 g/mol. The molecule has 0 rings (SSSR count). The van der Waals surface area contributed by atoms with Gasteiger partial charge in [-0.05, 0) is 32.6 Å². The van der Waals surface area contributed by atoms with Crippen LogP contribution in [0.4, 0.5) is 0 Å². The van der Waals surface area contributed by atoms with Crippen LogP contribution in [0, 0.1) is 0 Å². The summed E-state index contributed by atoms with van der Waals surface area (Å²) in [5.41, 5.74) is 0. The number of allylic oxidation sites excluding steroid dienone is 1. The fourth-order valence-corrected chi connectivity index (χ4v) is 2.94. The first-order chi connectivity index (χ1) is 10.6. The molecule has 0 spiro atoms. The number of ketones is 1. The highest BCUT2D eigenvalue weighted by molar-refractivity contribution is 9.09. The van der Waals surface area contributed by atoms with Crippen LogP contribution < -0.4 is 0 Å². The maximum absolute atomic E-state index is 10.8. The summed E-state index contributed by atoms with van der Waals surface area (Å²) in [5, 5.41) is 10.0. The molecule has 0 saturated heterocycles. The molecule has 0 aromatic carbocycles. The fraction of sp³-hybridized carbons (Fsp3) is 0.842.